The van der Waals surface area contributed by atoms with Gasteiger partial charge in [0, 0.05) is 12.6 Å². The number of nitrogens with zero attached hydrogens (tertiary/aromatic N) is 1. The van der Waals surface area contributed by atoms with Crippen LogP contribution in [-0.2, 0) is 4.79 Å². The molecule has 2 unspecified atom stereocenters. The van der Waals surface area contributed by atoms with Gasteiger partial charge in [-0.15, -0.1) is 0 Å². The molecule has 0 aromatic heterocycles. The quantitative estimate of drug-likeness (QED) is 0.635. The second-order valence-electron chi connectivity index (χ2n) is 3.94. The summed E-state index contributed by atoms with van der Waals surface area (Å²) in [6.45, 7) is 2.47. The van der Waals surface area contributed by atoms with Crippen molar-refractivity contribution in [2.45, 2.75) is 38.3 Å². The lowest BCUT2D eigenvalue weighted by Gasteiger charge is -2.24. The van der Waals surface area contributed by atoms with Crippen molar-refractivity contribution in [3.63, 3.8) is 0 Å². The fourth-order valence-electron chi connectivity index (χ4n) is 1.90. The predicted molar refractivity (Wildman–Crippen MR) is 57.1 cm³/mol. The highest BCUT2D eigenvalue weighted by Crippen LogP contribution is 2.19. The molecule has 92 valence electrons. The number of amides is 2. The smallest absolute Gasteiger partial charge is 0.334 e. The Balaban J connectivity index is 2.37. The molecular formula is C10H18N2O4. The van der Waals surface area contributed by atoms with Crippen molar-refractivity contribution < 1.29 is 19.8 Å². The standard InChI is InChI=1S/C10H18N2O4/c1-2-7-4-3-5-12(7)10(16)11-6-8(13)9(14)15/h7-8,13H,2-6H2,1H3,(H,11,16)(H,14,15). The number of urea groups is 1. The minimum Gasteiger partial charge on any atom is -0.479 e. The Labute approximate surface area is 94.2 Å². The Bertz CT molecular complexity index is 270. The van der Waals surface area contributed by atoms with Crippen LogP contribution in [-0.4, -0.2) is 52.3 Å². The molecule has 1 aliphatic rings. The number of hydrogen-bond donors (Lipinski definition) is 3. The van der Waals surface area contributed by atoms with Crippen LogP contribution in [0.3, 0.4) is 0 Å². The Morgan fingerprint density at radius 2 is 2.25 bits per heavy atom. The van der Waals surface area contributed by atoms with E-state index in [9.17, 15) is 9.59 Å². The van der Waals surface area contributed by atoms with Crippen molar-refractivity contribution in [2.75, 3.05) is 13.1 Å². The molecule has 0 aromatic carbocycles. The van der Waals surface area contributed by atoms with Gasteiger partial charge in [0.05, 0.1) is 6.54 Å². The molecule has 2 amide bonds. The lowest BCUT2D eigenvalue weighted by molar-refractivity contribution is -0.146. The topological polar surface area (TPSA) is 89.9 Å². The van der Waals surface area contributed by atoms with Gasteiger partial charge in [0.15, 0.2) is 6.10 Å². The van der Waals surface area contributed by atoms with E-state index < -0.39 is 12.1 Å². The van der Waals surface area contributed by atoms with Crippen molar-refractivity contribution in [1.29, 1.82) is 0 Å². The van der Waals surface area contributed by atoms with Crippen molar-refractivity contribution >= 4 is 12.0 Å². The van der Waals surface area contributed by atoms with Crippen molar-refractivity contribution in [3.8, 4) is 0 Å². The van der Waals surface area contributed by atoms with Crippen LogP contribution < -0.4 is 5.32 Å². The number of rotatable bonds is 4. The van der Waals surface area contributed by atoms with Crippen molar-refractivity contribution in [1.82, 2.24) is 10.2 Å². The fraction of sp³-hybridized carbons (Fsp3) is 0.800. The van der Waals surface area contributed by atoms with E-state index in [0.29, 0.717) is 6.54 Å². The van der Waals surface area contributed by atoms with Crippen LogP contribution >= 0.6 is 0 Å². The third kappa shape index (κ3) is 3.10. The maximum absolute atomic E-state index is 11.7. The summed E-state index contributed by atoms with van der Waals surface area (Å²) in [5.74, 6) is -1.33. The first-order chi connectivity index (χ1) is 7.56. The molecule has 3 N–H and O–H groups in total. The molecule has 6 heteroatoms. The lowest BCUT2D eigenvalue weighted by atomic mass is 10.2. The van der Waals surface area contributed by atoms with Crippen molar-refractivity contribution in [2.24, 2.45) is 0 Å². The van der Waals surface area contributed by atoms with Crippen LogP contribution in [0.15, 0.2) is 0 Å². The number of carbonyl (C=O) groups excluding carboxylic acids is 1. The van der Waals surface area contributed by atoms with E-state index in [2.05, 4.69) is 5.32 Å². The van der Waals surface area contributed by atoms with E-state index in [1.807, 2.05) is 6.92 Å². The summed E-state index contributed by atoms with van der Waals surface area (Å²) in [6, 6.07) is -0.0494. The largest absolute Gasteiger partial charge is 0.479 e. The highest BCUT2D eigenvalue weighted by Gasteiger charge is 2.27. The number of hydrogen-bond acceptors (Lipinski definition) is 3. The van der Waals surface area contributed by atoms with E-state index in [1.54, 1.807) is 4.90 Å². The highest BCUT2D eigenvalue weighted by atomic mass is 16.4. The summed E-state index contributed by atoms with van der Waals surface area (Å²) in [7, 11) is 0. The number of likely N-dealkylation sites (tertiary alicyclic amines) is 1. The highest BCUT2D eigenvalue weighted by molar-refractivity contribution is 5.77. The van der Waals surface area contributed by atoms with Crippen LogP contribution in [0, 0.1) is 0 Å². The number of nitrogens with one attached hydrogen (secondary N) is 1. The van der Waals surface area contributed by atoms with Crippen LogP contribution in [0.4, 0.5) is 4.79 Å². The summed E-state index contributed by atoms with van der Waals surface area (Å²) in [4.78, 5) is 23.7. The Morgan fingerprint density at radius 3 is 2.81 bits per heavy atom. The van der Waals surface area contributed by atoms with E-state index in [-0.39, 0.29) is 18.6 Å². The first-order valence-corrected chi connectivity index (χ1v) is 5.51. The molecule has 1 rings (SSSR count). The van der Waals surface area contributed by atoms with E-state index >= 15 is 0 Å². The SMILES string of the molecule is CCC1CCCN1C(=O)NCC(O)C(=O)O. The second kappa shape index (κ2) is 5.69. The molecule has 1 aliphatic heterocycles. The number of carboxylic acid groups (broad SMARTS) is 1. The molecule has 1 heterocycles. The molecule has 0 aliphatic carbocycles. The average molecular weight is 230 g/mol. The Morgan fingerprint density at radius 1 is 1.56 bits per heavy atom. The molecule has 1 saturated heterocycles. The van der Waals surface area contributed by atoms with Gasteiger partial charge in [-0.25, -0.2) is 9.59 Å². The lowest BCUT2D eigenvalue weighted by Crippen LogP contribution is -2.46. The van der Waals surface area contributed by atoms with E-state index in [0.717, 1.165) is 19.3 Å². The number of aliphatic hydroxyl groups is 1. The van der Waals surface area contributed by atoms with Gasteiger partial charge in [-0.3, -0.25) is 0 Å². The first kappa shape index (κ1) is 12.8. The zero-order valence-corrected chi connectivity index (χ0v) is 9.35. The molecule has 0 radical (unpaired) electrons. The molecule has 0 spiro atoms. The molecule has 0 bridgehead atoms. The van der Waals surface area contributed by atoms with Gasteiger partial charge >= 0.3 is 12.0 Å². The molecule has 1 fully saturated rings. The maximum atomic E-state index is 11.7. The van der Waals surface area contributed by atoms with Crippen LogP contribution in [0.25, 0.3) is 0 Å². The summed E-state index contributed by atoms with van der Waals surface area (Å²) >= 11 is 0. The van der Waals surface area contributed by atoms with E-state index in [4.69, 9.17) is 10.2 Å². The van der Waals surface area contributed by atoms with Crippen molar-refractivity contribution in [3.05, 3.63) is 0 Å². The maximum Gasteiger partial charge on any atom is 0.334 e. The van der Waals surface area contributed by atoms with Gasteiger partial charge in [-0.05, 0) is 19.3 Å². The first-order valence-electron chi connectivity index (χ1n) is 5.51. The molecule has 0 aromatic rings. The third-order valence-electron chi connectivity index (χ3n) is 2.84. The zero-order chi connectivity index (χ0) is 12.1. The second-order valence-corrected chi connectivity index (χ2v) is 3.94. The number of carboxylic acids is 1. The summed E-state index contributed by atoms with van der Waals surface area (Å²) < 4.78 is 0. The number of carbonyl (C=O) groups is 2. The van der Waals surface area contributed by atoms with Gasteiger partial charge in [0.2, 0.25) is 0 Å². The van der Waals surface area contributed by atoms with Gasteiger partial charge in [0.25, 0.3) is 0 Å². The molecule has 16 heavy (non-hydrogen) atoms. The fourth-order valence-corrected chi connectivity index (χ4v) is 1.90. The number of aliphatic carboxylic acids is 1. The summed E-state index contributed by atoms with van der Waals surface area (Å²) in [6.07, 6.45) is 1.33. The number of aliphatic hydroxyl groups excluding tert-OH is 1. The monoisotopic (exact) mass is 230 g/mol. The molecular weight excluding hydrogens is 212 g/mol. The predicted octanol–water partition coefficient (Wildman–Crippen LogP) is 0.0159. The molecule has 0 saturated carbocycles. The average Bonchev–Trinajstić information content (AvgIpc) is 2.73. The van der Waals surface area contributed by atoms with Gasteiger partial charge in [-0.2, -0.15) is 0 Å². The normalized spacial score (nSPS) is 21.9. The zero-order valence-electron chi connectivity index (χ0n) is 9.35. The van der Waals surface area contributed by atoms with Crippen LogP contribution in [0.1, 0.15) is 26.2 Å². The Hall–Kier alpha value is -1.30. The van der Waals surface area contributed by atoms with Crippen LogP contribution in [0.5, 0.6) is 0 Å². The molecule has 2 atom stereocenters. The summed E-state index contributed by atoms with van der Waals surface area (Å²) in [5.41, 5.74) is 0. The van der Waals surface area contributed by atoms with Crippen LogP contribution in [0.2, 0.25) is 0 Å². The Kier molecular flexibility index (Phi) is 4.54. The minimum absolute atomic E-state index is 0.238. The van der Waals surface area contributed by atoms with Gasteiger partial charge < -0.3 is 20.4 Å². The summed E-state index contributed by atoms with van der Waals surface area (Å²) in [5, 5.41) is 19.9. The molecule has 6 nitrogen and oxygen atoms in total. The van der Waals surface area contributed by atoms with Gasteiger partial charge in [0.1, 0.15) is 0 Å². The third-order valence-corrected chi connectivity index (χ3v) is 2.84. The minimum atomic E-state index is -1.54. The van der Waals surface area contributed by atoms with E-state index in [1.165, 1.54) is 0 Å². The van der Waals surface area contributed by atoms with Gasteiger partial charge in [-0.1, -0.05) is 6.92 Å².